The Bertz CT molecular complexity index is 1210. The van der Waals surface area contributed by atoms with Crippen molar-refractivity contribution in [2.45, 2.75) is 0 Å². The summed E-state index contributed by atoms with van der Waals surface area (Å²) in [5.74, 6) is 2.05. The average molecular weight is 386 g/mol. The highest BCUT2D eigenvalue weighted by molar-refractivity contribution is 6.15. The van der Waals surface area contributed by atoms with E-state index < -0.39 is 0 Å². The van der Waals surface area contributed by atoms with Gasteiger partial charge in [-0.2, -0.15) is 0 Å². The maximum atomic E-state index is 10.9. The van der Waals surface area contributed by atoms with Gasteiger partial charge in [-0.15, -0.1) is 0 Å². The Kier molecular flexibility index (Phi) is 5.00. The number of aromatic hydroxyl groups is 1. The van der Waals surface area contributed by atoms with Crippen molar-refractivity contribution >= 4 is 33.7 Å². The molecule has 0 aromatic heterocycles. The highest BCUT2D eigenvalue weighted by atomic mass is 16.5. The summed E-state index contributed by atoms with van der Waals surface area (Å²) >= 11 is 0. The van der Waals surface area contributed by atoms with Gasteiger partial charge >= 0.3 is 0 Å². The van der Waals surface area contributed by atoms with Crippen LogP contribution >= 0.6 is 0 Å². The number of benzene rings is 4. The van der Waals surface area contributed by atoms with Crippen LogP contribution in [0.3, 0.4) is 0 Å². The normalized spacial score (nSPS) is 11.3. The van der Waals surface area contributed by atoms with Crippen LogP contribution in [0.1, 0.15) is 11.1 Å². The monoisotopic (exact) mass is 386 g/mol. The van der Waals surface area contributed by atoms with Gasteiger partial charge in [0, 0.05) is 10.8 Å². The van der Waals surface area contributed by atoms with E-state index in [-0.39, 0.29) is 5.75 Å². The summed E-state index contributed by atoms with van der Waals surface area (Å²) < 4.78 is 17.1. The van der Waals surface area contributed by atoms with E-state index in [1.54, 1.807) is 27.4 Å². The Hall–Kier alpha value is -3.66. The fourth-order valence-electron chi connectivity index (χ4n) is 3.74. The molecule has 0 saturated heterocycles. The summed E-state index contributed by atoms with van der Waals surface area (Å²) in [6.45, 7) is 0. The molecule has 4 aromatic carbocycles. The van der Waals surface area contributed by atoms with E-state index in [9.17, 15) is 5.11 Å². The largest absolute Gasteiger partial charge is 0.507 e. The van der Waals surface area contributed by atoms with Crippen LogP contribution in [0, 0.1) is 0 Å². The molecule has 29 heavy (non-hydrogen) atoms. The predicted octanol–water partition coefficient (Wildman–Crippen LogP) is 5.89. The molecule has 4 nitrogen and oxygen atoms in total. The van der Waals surface area contributed by atoms with Gasteiger partial charge in [-0.25, -0.2) is 0 Å². The predicted molar refractivity (Wildman–Crippen MR) is 118 cm³/mol. The molecular formula is C25H22O4. The van der Waals surface area contributed by atoms with Gasteiger partial charge in [-0.1, -0.05) is 54.6 Å². The van der Waals surface area contributed by atoms with E-state index in [0.717, 1.165) is 27.3 Å². The van der Waals surface area contributed by atoms with Gasteiger partial charge in [0.05, 0.1) is 32.1 Å². The van der Waals surface area contributed by atoms with Crippen molar-refractivity contribution in [3.05, 3.63) is 71.8 Å². The lowest BCUT2D eigenvalue weighted by Gasteiger charge is -2.18. The number of hydrogen-bond donors (Lipinski definition) is 1. The van der Waals surface area contributed by atoms with Gasteiger partial charge in [-0.3, -0.25) is 0 Å². The molecule has 1 N–H and O–H groups in total. The van der Waals surface area contributed by atoms with Crippen molar-refractivity contribution in [2.75, 3.05) is 21.3 Å². The third-order valence-electron chi connectivity index (χ3n) is 5.01. The topological polar surface area (TPSA) is 47.9 Å². The minimum Gasteiger partial charge on any atom is -0.507 e. The Morgan fingerprint density at radius 2 is 1.34 bits per heavy atom. The lowest BCUT2D eigenvalue weighted by atomic mass is 9.97. The third-order valence-corrected chi connectivity index (χ3v) is 5.01. The van der Waals surface area contributed by atoms with E-state index in [1.807, 2.05) is 66.7 Å². The molecule has 0 bridgehead atoms. The van der Waals surface area contributed by atoms with Crippen LogP contribution in [0.15, 0.2) is 60.7 Å². The first-order valence-corrected chi connectivity index (χ1v) is 9.28. The smallest absolute Gasteiger partial charge is 0.138 e. The maximum absolute atomic E-state index is 10.9. The second kappa shape index (κ2) is 7.76. The first kappa shape index (κ1) is 18.7. The van der Waals surface area contributed by atoms with Crippen molar-refractivity contribution in [2.24, 2.45) is 0 Å². The summed E-state index contributed by atoms with van der Waals surface area (Å²) in [6.07, 6.45) is 3.97. The molecule has 0 spiro atoms. The second-order valence-corrected chi connectivity index (χ2v) is 6.66. The van der Waals surface area contributed by atoms with Crippen LogP contribution in [0.5, 0.6) is 23.0 Å². The lowest BCUT2D eigenvalue weighted by Crippen LogP contribution is -1.96. The SMILES string of the molecule is COc1cccc2c(OC)c3c(O)cc(/C=C/c4ccccc4)cc3c(OC)c12. The highest BCUT2D eigenvalue weighted by Gasteiger charge is 2.21. The van der Waals surface area contributed by atoms with Crippen molar-refractivity contribution in [3.8, 4) is 23.0 Å². The van der Waals surface area contributed by atoms with Crippen LogP contribution in [0.4, 0.5) is 0 Å². The summed E-state index contributed by atoms with van der Waals surface area (Å²) in [7, 11) is 4.85. The van der Waals surface area contributed by atoms with Crippen molar-refractivity contribution in [1.29, 1.82) is 0 Å². The molecule has 0 amide bonds. The fraction of sp³-hybridized carbons (Fsp3) is 0.120. The number of phenols is 1. The molecule has 0 saturated carbocycles. The zero-order valence-electron chi connectivity index (χ0n) is 16.6. The number of methoxy groups -OCH3 is 3. The second-order valence-electron chi connectivity index (χ2n) is 6.66. The summed E-state index contributed by atoms with van der Waals surface area (Å²) in [4.78, 5) is 0. The molecule has 0 aliphatic rings. The van der Waals surface area contributed by atoms with Gasteiger partial charge in [-0.05, 0) is 29.3 Å². The molecule has 4 rings (SSSR count). The molecule has 0 atom stereocenters. The Morgan fingerprint density at radius 3 is 2.03 bits per heavy atom. The number of fused-ring (bicyclic) bond motifs is 2. The van der Waals surface area contributed by atoms with Gasteiger partial charge < -0.3 is 19.3 Å². The number of phenolic OH excluding ortho intramolecular Hbond substituents is 1. The van der Waals surface area contributed by atoms with Gasteiger partial charge in [0.15, 0.2) is 0 Å². The Balaban J connectivity index is 2.03. The van der Waals surface area contributed by atoms with Crippen molar-refractivity contribution in [3.63, 3.8) is 0 Å². The molecule has 0 heterocycles. The maximum Gasteiger partial charge on any atom is 0.138 e. The molecule has 146 valence electrons. The molecule has 0 aliphatic heterocycles. The van der Waals surface area contributed by atoms with E-state index in [0.29, 0.717) is 22.6 Å². The number of ether oxygens (including phenoxy) is 3. The minimum atomic E-state index is 0.134. The standard InChI is InChI=1S/C25H22O4/c1-27-21-11-7-10-18-23(21)25(29-3)19-14-17(13-12-16-8-5-4-6-9-16)15-20(26)22(19)24(18)28-2/h4-15,26H,1-3H3/b13-12+. The summed E-state index contributed by atoms with van der Waals surface area (Å²) in [6, 6.07) is 19.4. The lowest BCUT2D eigenvalue weighted by molar-refractivity contribution is 0.403. The minimum absolute atomic E-state index is 0.134. The number of rotatable bonds is 5. The molecule has 4 aromatic rings. The van der Waals surface area contributed by atoms with Crippen molar-refractivity contribution < 1.29 is 19.3 Å². The van der Waals surface area contributed by atoms with Crippen molar-refractivity contribution in [1.82, 2.24) is 0 Å². The van der Waals surface area contributed by atoms with Gasteiger partial charge in [0.25, 0.3) is 0 Å². The van der Waals surface area contributed by atoms with Crippen LogP contribution in [-0.2, 0) is 0 Å². The Morgan fingerprint density at radius 1 is 0.655 bits per heavy atom. The molecule has 0 fully saturated rings. The molecule has 0 unspecified atom stereocenters. The average Bonchev–Trinajstić information content (AvgIpc) is 2.76. The first-order chi connectivity index (χ1) is 14.2. The first-order valence-electron chi connectivity index (χ1n) is 9.28. The van der Waals surface area contributed by atoms with Gasteiger partial charge in [0.2, 0.25) is 0 Å². The van der Waals surface area contributed by atoms with Crippen LogP contribution < -0.4 is 14.2 Å². The molecule has 4 heteroatoms. The van der Waals surface area contributed by atoms with E-state index in [4.69, 9.17) is 14.2 Å². The molecule has 0 aliphatic carbocycles. The molecule has 0 radical (unpaired) electrons. The summed E-state index contributed by atoms with van der Waals surface area (Å²) in [5.41, 5.74) is 1.94. The van der Waals surface area contributed by atoms with Crippen LogP contribution in [0.2, 0.25) is 0 Å². The van der Waals surface area contributed by atoms with Gasteiger partial charge in [0.1, 0.15) is 23.0 Å². The summed E-state index contributed by atoms with van der Waals surface area (Å²) in [5, 5.41) is 13.9. The zero-order valence-corrected chi connectivity index (χ0v) is 16.6. The zero-order chi connectivity index (χ0) is 20.4. The van der Waals surface area contributed by atoms with E-state index >= 15 is 0 Å². The fourth-order valence-corrected chi connectivity index (χ4v) is 3.74. The van der Waals surface area contributed by atoms with E-state index in [1.165, 1.54) is 0 Å². The van der Waals surface area contributed by atoms with Crippen LogP contribution in [0.25, 0.3) is 33.7 Å². The Labute approximate surface area is 169 Å². The van der Waals surface area contributed by atoms with E-state index in [2.05, 4.69) is 0 Å². The highest BCUT2D eigenvalue weighted by Crippen LogP contribution is 2.49. The quantitative estimate of drug-likeness (QED) is 0.343. The third kappa shape index (κ3) is 3.23. The number of hydrogen-bond acceptors (Lipinski definition) is 4. The molecular weight excluding hydrogens is 364 g/mol. The van der Waals surface area contributed by atoms with Crippen LogP contribution in [-0.4, -0.2) is 26.4 Å².